The van der Waals surface area contributed by atoms with E-state index in [1.54, 1.807) is 55.5 Å². The molecule has 0 spiro atoms. The predicted octanol–water partition coefficient (Wildman–Crippen LogP) is 2.94. The summed E-state index contributed by atoms with van der Waals surface area (Å²) in [5, 5.41) is 18.3. The van der Waals surface area contributed by atoms with Crippen molar-refractivity contribution in [1.82, 2.24) is 0 Å². The fourth-order valence-electron chi connectivity index (χ4n) is 1.47. The Morgan fingerprint density at radius 1 is 0.895 bits per heavy atom. The first-order valence-electron chi connectivity index (χ1n) is 6.01. The molecule has 0 aliphatic heterocycles. The minimum Gasteiger partial charge on any atom is -0.508 e. The summed E-state index contributed by atoms with van der Waals surface area (Å²) in [6.07, 6.45) is -0.493. The largest absolute Gasteiger partial charge is 0.508 e. The van der Waals surface area contributed by atoms with Gasteiger partial charge in [-0.25, -0.2) is 0 Å². The van der Waals surface area contributed by atoms with Crippen molar-refractivity contribution in [2.75, 3.05) is 6.61 Å². The second-order valence-electron chi connectivity index (χ2n) is 4.23. The van der Waals surface area contributed by atoms with Crippen LogP contribution in [0.4, 0.5) is 0 Å². The van der Waals surface area contributed by atoms with Crippen LogP contribution in [-0.2, 0) is 0 Å². The lowest BCUT2D eigenvalue weighted by Crippen LogP contribution is -2.12. The number of aliphatic hydroxyl groups excluding tert-OH is 1. The van der Waals surface area contributed by atoms with Gasteiger partial charge in [-0.1, -0.05) is 0 Å². The summed E-state index contributed by atoms with van der Waals surface area (Å²) in [4.78, 5) is 0. The van der Waals surface area contributed by atoms with E-state index in [4.69, 9.17) is 14.6 Å². The van der Waals surface area contributed by atoms with Crippen molar-refractivity contribution < 1.29 is 19.7 Å². The highest BCUT2D eigenvalue weighted by Crippen LogP contribution is 2.25. The summed E-state index contributed by atoms with van der Waals surface area (Å²) >= 11 is 0. The van der Waals surface area contributed by atoms with Crippen LogP contribution in [0.5, 0.6) is 23.0 Å². The van der Waals surface area contributed by atoms with Crippen LogP contribution in [0.3, 0.4) is 0 Å². The van der Waals surface area contributed by atoms with Gasteiger partial charge in [-0.2, -0.15) is 0 Å². The summed E-state index contributed by atoms with van der Waals surface area (Å²) < 4.78 is 10.9. The Labute approximate surface area is 111 Å². The Hall–Kier alpha value is -2.20. The van der Waals surface area contributed by atoms with Gasteiger partial charge in [-0.15, -0.1) is 0 Å². The van der Waals surface area contributed by atoms with Crippen molar-refractivity contribution in [3.05, 3.63) is 48.5 Å². The zero-order chi connectivity index (χ0) is 13.7. The highest BCUT2D eigenvalue weighted by atomic mass is 16.5. The van der Waals surface area contributed by atoms with E-state index < -0.39 is 6.10 Å². The minimum absolute atomic E-state index is 0.203. The molecule has 4 heteroatoms. The van der Waals surface area contributed by atoms with Gasteiger partial charge in [0.25, 0.3) is 0 Å². The Bertz CT molecular complexity index is 503. The number of hydrogen-bond donors (Lipinski definition) is 2. The number of ether oxygens (including phenoxy) is 2. The molecular formula is C15H16O4. The Morgan fingerprint density at radius 3 is 1.89 bits per heavy atom. The number of phenolic OH excluding ortho intramolecular Hbond substituents is 1. The molecule has 2 rings (SSSR count). The van der Waals surface area contributed by atoms with Crippen LogP contribution in [0.1, 0.15) is 6.92 Å². The fraction of sp³-hybridized carbons (Fsp3) is 0.200. The molecule has 0 saturated heterocycles. The molecule has 0 amide bonds. The van der Waals surface area contributed by atoms with Crippen LogP contribution < -0.4 is 9.47 Å². The molecule has 0 aliphatic carbocycles. The normalized spacial score (nSPS) is 11.9. The highest BCUT2D eigenvalue weighted by Gasteiger charge is 2.00. The van der Waals surface area contributed by atoms with Gasteiger partial charge in [0.15, 0.2) is 0 Å². The average Bonchev–Trinajstić information content (AvgIpc) is 2.40. The maximum Gasteiger partial charge on any atom is 0.127 e. The molecule has 2 N–H and O–H groups in total. The highest BCUT2D eigenvalue weighted by molar-refractivity contribution is 5.37. The molecule has 0 aliphatic rings. The van der Waals surface area contributed by atoms with Crippen molar-refractivity contribution in [1.29, 1.82) is 0 Å². The van der Waals surface area contributed by atoms with E-state index in [-0.39, 0.29) is 12.4 Å². The van der Waals surface area contributed by atoms with Crippen LogP contribution in [0, 0.1) is 0 Å². The number of aliphatic hydroxyl groups is 1. The van der Waals surface area contributed by atoms with Crippen LogP contribution in [0.15, 0.2) is 48.5 Å². The molecule has 0 aromatic heterocycles. The van der Waals surface area contributed by atoms with Gasteiger partial charge in [0.1, 0.15) is 29.6 Å². The standard InChI is InChI=1S/C15H16O4/c1-11(16)10-18-13-6-8-15(9-7-13)19-14-4-2-12(17)3-5-14/h2-9,11,16-17H,10H2,1H3. The molecule has 0 heterocycles. The number of aromatic hydroxyl groups is 1. The van der Waals surface area contributed by atoms with Crippen molar-refractivity contribution in [3.8, 4) is 23.0 Å². The Morgan fingerprint density at radius 2 is 1.37 bits per heavy atom. The first-order valence-corrected chi connectivity index (χ1v) is 6.01. The lowest BCUT2D eigenvalue weighted by Gasteiger charge is -2.09. The first kappa shape index (κ1) is 13.2. The second kappa shape index (κ2) is 6.11. The van der Waals surface area contributed by atoms with E-state index in [0.717, 1.165) is 0 Å². The second-order valence-corrected chi connectivity index (χ2v) is 4.23. The molecule has 100 valence electrons. The fourth-order valence-corrected chi connectivity index (χ4v) is 1.47. The quantitative estimate of drug-likeness (QED) is 0.867. The minimum atomic E-state index is -0.493. The summed E-state index contributed by atoms with van der Waals surface area (Å²) in [5.41, 5.74) is 0. The van der Waals surface area contributed by atoms with Crippen molar-refractivity contribution >= 4 is 0 Å². The van der Waals surface area contributed by atoms with E-state index in [9.17, 15) is 5.11 Å². The first-order chi connectivity index (χ1) is 9.13. The molecule has 0 saturated carbocycles. The van der Waals surface area contributed by atoms with E-state index >= 15 is 0 Å². The maximum absolute atomic E-state index is 9.17. The molecule has 1 atom stereocenters. The number of phenols is 1. The third kappa shape index (κ3) is 4.19. The zero-order valence-corrected chi connectivity index (χ0v) is 10.6. The van der Waals surface area contributed by atoms with E-state index in [1.165, 1.54) is 0 Å². The molecule has 2 aromatic carbocycles. The van der Waals surface area contributed by atoms with Gasteiger partial charge in [0.2, 0.25) is 0 Å². The SMILES string of the molecule is CC(O)COc1ccc(Oc2ccc(O)cc2)cc1. The molecule has 2 aromatic rings. The van der Waals surface area contributed by atoms with Crippen LogP contribution in [0.2, 0.25) is 0 Å². The van der Waals surface area contributed by atoms with Crippen LogP contribution in [-0.4, -0.2) is 22.9 Å². The molecule has 0 radical (unpaired) electrons. The topological polar surface area (TPSA) is 58.9 Å². The summed E-state index contributed by atoms with van der Waals surface area (Å²) in [5.74, 6) is 2.21. The molecular weight excluding hydrogens is 244 g/mol. The van der Waals surface area contributed by atoms with Crippen LogP contribution in [0.25, 0.3) is 0 Å². The van der Waals surface area contributed by atoms with Crippen molar-refractivity contribution in [3.63, 3.8) is 0 Å². The van der Waals surface area contributed by atoms with Crippen molar-refractivity contribution in [2.45, 2.75) is 13.0 Å². The molecule has 4 nitrogen and oxygen atoms in total. The average molecular weight is 260 g/mol. The van der Waals surface area contributed by atoms with Crippen molar-refractivity contribution in [2.24, 2.45) is 0 Å². The van der Waals surface area contributed by atoms with Crippen LogP contribution >= 0.6 is 0 Å². The lowest BCUT2D eigenvalue weighted by molar-refractivity contribution is 0.122. The molecule has 0 bridgehead atoms. The molecule has 0 fully saturated rings. The van der Waals surface area contributed by atoms with E-state index in [0.29, 0.717) is 17.2 Å². The van der Waals surface area contributed by atoms with Gasteiger partial charge >= 0.3 is 0 Å². The number of hydrogen-bond acceptors (Lipinski definition) is 4. The molecule has 19 heavy (non-hydrogen) atoms. The van der Waals surface area contributed by atoms with Gasteiger partial charge in [0.05, 0.1) is 6.10 Å². The van der Waals surface area contributed by atoms with Gasteiger partial charge in [-0.05, 0) is 55.5 Å². The summed E-state index contributed by atoms with van der Waals surface area (Å²) in [6.45, 7) is 1.93. The molecule has 1 unspecified atom stereocenters. The zero-order valence-electron chi connectivity index (χ0n) is 10.6. The number of benzene rings is 2. The third-order valence-electron chi connectivity index (χ3n) is 2.39. The van der Waals surface area contributed by atoms with E-state index in [1.807, 2.05) is 0 Å². The third-order valence-corrected chi connectivity index (χ3v) is 2.39. The summed E-state index contributed by atoms with van der Waals surface area (Å²) in [6, 6.07) is 13.6. The number of rotatable bonds is 5. The summed E-state index contributed by atoms with van der Waals surface area (Å²) in [7, 11) is 0. The van der Waals surface area contributed by atoms with Gasteiger partial charge < -0.3 is 19.7 Å². The smallest absolute Gasteiger partial charge is 0.127 e. The maximum atomic E-state index is 9.17. The predicted molar refractivity (Wildman–Crippen MR) is 71.8 cm³/mol. The lowest BCUT2D eigenvalue weighted by atomic mass is 10.3. The Balaban J connectivity index is 1.96. The van der Waals surface area contributed by atoms with E-state index in [2.05, 4.69) is 0 Å². The Kier molecular flexibility index (Phi) is 4.26. The monoisotopic (exact) mass is 260 g/mol. The van der Waals surface area contributed by atoms with Gasteiger partial charge in [0, 0.05) is 0 Å². The van der Waals surface area contributed by atoms with Gasteiger partial charge in [-0.3, -0.25) is 0 Å².